The van der Waals surface area contributed by atoms with Crippen LogP contribution in [-0.2, 0) is 24.8 Å². The fraction of sp³-hybridized carbons (Fsp3) is 0.227. The molecule has 0 bridgehead atoms. The summed E-state index contributed by atoms with van der Waals surface area (Å²) < 4.78 is 53.8. The molecule has 0 aliphatic rings. The number of rotatable bonds is 8. The van der Waals surface area contributed by atoms with Crippen LogP contribution < -0.4 is 10.0 Å². The molecule has 0 saturated heterocycles. The van der Waals surface area contributed by atoms with Crippen LogP contribution in [0.25, 0.3) is 0 Å². The Hall–Kier alpha value is -3.35. The van der Waals surface area contributed by atoms with E-state index >= 15 is 0 Å². The second kappa shape index (κ2) is 9.87. The minimum Gasteiger partial charge on any atom is -0.325 e. The van der Waals surface area contributed by atoms with Gasteiger partial charge in [-0.2, -0.15) is 4.31 Å². The number of anilines is 2. The van der Waals surface area contributed by atoms with Gasteiger partial charge >= 0.3 is 0 Å². The van der Waals surface area contributed by atoms with Crippen molar-refractivity contribution in [2.24, 2.45) is 0 Å². The maximum Gasteiger partial charge on any atom is 0.264 e. The van der Waals surface area contributed by atoms with Crippen molar-refractivity contribution in [3.8, 4) is 0 Å². The number of aryl methyl sites for hydroxylation is 3. The van der Waals surface area contributed by atoms with Gasteiger partial charge in [-0.1, -0.05) is 17.7 Å². The predicted molar refractivity (Wildman–Crippen MR) is 128 cm³/mol. The summed E-state index contributed by atoms with van der Waals surface area (Å²) in [5.41, 5.74) is 2.48. The van der Waals surface area contributed by atoms with Crippen LogP contribution >= 0.6 is 0 Å². The molecule has 0 aliphatic carbocycles. The number of sulfonamides is 2. The van der Waals surface area contributed by atoms with E-state index < -0.39 is 32.5 Å². The lowest BCUT2D eigenvalue weighted by Crippen LogP contribution is -2.34. The molecule has 180 valence electrons. The number of amides is 1. The zero-order valence-electron chi connectivity index (χ0n) is 19.1. The highest BCUT2D eigenvalue weighted by atomic mass is 32.2. The molecule has 0 spiro atoms. The van der Waals surface area contributed by atoms with Gasteiger partial charge in [0.05, 0.1) is 16.3 Å². The van der Waals surface area contributed by atoms with E-state index in [2.05, 4.69) is 20.0 Å². The van der Waals surface area contributed by atoms with Crippen molar-refractivity contribution in [3.63, 3.8) is 0 Å². The van der Waals surface area contributed by atoms with Gasteiger partial charge in [-0.3, -0.25) is 4.79 Å². The van der Waals surface area contributed by atoms with Gasteiger partial charge in [0.1, 0.15) is 0 Å². The van der Waals surface area contributed by atoms with E-state index in [9.17, 15) is 21.6 Å². The highest BCUT2D eigenvalue weighted by Gasteiger charge is 2.23. The Bertz CT molecular complexity index is 1380. The highest BCUT2D eigenvalue weighted by molar-refractivity contribution is 7.92. The lowest BCUT2D eigenvalue weighted by Gasteiger charge is -2.17. The molecule has 2 aromatic carbocycles. The summed E-state index contributed by atoms with van der Waals surface area (Å²) in [6.07, 6.45) is 0. The van der Waals surface area contributed by atoms with Crippen molar-refractivity contribution in [2.75, 3.05) is 23.6 Å². The second-order valence-corrected chi connectivity index (χ2v) is 11.5. The van der Waals surface area contributed by atoms with Crippen LogP contribution in [0.4, 0.5) is 11.6 Å². The summed E-state index contributed by atoms with van der Waals surface area (Å²) in [5.74, 6) is -0.608. The number of benzene rings is 2. The number of hydrogen-bond donors (Lipinski definition) is 2. The van der Waals surface area contributed by atoms with Crippen molar-refractivity contribution < 1.29 is 21.6 Å². The Balaban J connectivity index is 1.65. The van der Waals surface area contributed by atoms with Gasteiger partial charge in [0, 0.05) is 24.1 Å². The average Bonchev–Trinajstić information content (AvgIpc) is 2.73. The van der Waals surface area contributed by atoms with Gasteiger partial charge in [0.15, 0.2) is 0 Å². The van der Waals surface area contributed by atoms with E-state index in [-0.39, 0.29) is 15.7 Å². The Morgan fingerprint density at radius 3 is 1.94 bits per heavy atom. The Morgan fingerprint density at radius 1 is 0.853 bits per heavy atom. The zero-order chi connectivity index (χ0) is 25.1. The average molecular weight is 504 g/mol. The third kappa shape index (κ3) is 6.16. The lowest BCUT2D eigenvalue weighted by molar-refractivity contribution is -0.116. The summed E-state index contributed by atoms with van der Waals surface area (Å²) in [7, 11) is -6.46. The Morgan fingerprint density at radius 2 is 1.38 bits per heavy atom. The smallest absolute Gasteiger partial charge is 0.264 e. The molecule has 0 unspecified atom stereocenters. The zero-order valence-corrected chi connectivity index (χ0v) is 20.7. The largest absolute Gasteiger partial charge is 0.325 e. The normalized spacial score (nSPS) is 11.9. The molecule has 1 heterocycles. The quantitative estimate of drug-likeness (QED) is 0.481. The van der Waals surface area contributed by atoms with Crippen LogP contribution in [-0.4, -0.2) is 50.6 Å². The molecule has 0 atom stereocenters. The van der Waals surface area contributed by atoms with Gasteiger partial charge < -0.3 is 5.32 Å². The molecule has 0 saturated carbocycles. The highest BCUT2D eigenvalue weighted by Crippen LogP contribution is 2.18. The first kappa shape index (κ1) is 25.3. The van der Waals surface area contributed by atoms with Gasteiger partial charge in [-0.25, -0.2) is 31.5 Å². The Kier molecular flexibility index (Phi) is 7.34. The third-order valence-corrected chi connectivity index (χ3v) is 7.91. The summed E-state index contributed by atoms with van der Waals surface area (Å²) >= 11 is 0. The van der Waals surface area contributed by atoms with Crippen LogP contribution in [0.3, 0.4) is 0 Å². The van der Waals surface area contributed by atoms with Crippen molar-refractivity contribution in [3.05, 3.63) is 71.5 Å². The molecular weight excluding hydrogens is 478 g/mol. The van der Waals surface area contributed by atoms with Gasteiger partial charge in [-0.05, 0) is 63.2 Å². The number of hydrogen-bond acceptors (Lipinski definition) is 7. The first-order valence-electron chi connectivity index (χ1n) is 10.1. The summed E-state index contributed by atoms with van der Waals surface area (Å²) in [4.78, 5) is 20.5. The molecule has 12 heteroatoms. The van der Waals surface area contributed by atoms with E-state index in [4.69, 9.17) is 0 Å². The molecule has 0 fully saturated rings. The number of carbonyl (C=O) groups excluding carboxylic acids is 1. The van der Waals surface area contributed by atoms with Crippen molar-refractivity contribution in [1.29, 1.82) is 0 Å². The second-order valence-electron chi connectivity index (χ2n) is 7.73. The minimum atomic E-state index is -3.94. The number of aromatic nitrogens is 2. The van der Waals surface area contributed by atoms with Crippen LogP contribution in [0, 0.1) is 20.8 Å². The first-order chi connectivity index (χ1) is 15.9. The third-order valence-electron chi connectivity index (χ3n) is 4.75. The standard InChI is InChI=1S/C22H25N5O5S2/c1-15-5-9-20(10-6-15)34(31,32)27(4)14-21(28)25-18-7-11-19(12-8-18)33(29,30)26-22-23-16(2)13-17(3)24-22/h5-13H,14H2,1-4H3,(H,25,28)(H,23,24,26). The maximum absolute atomic E-state index is 12.6. The molecule has 34 heavy (non-hydrogen) atoms. The fourth-order valence-corrected chi connectivity index (χ4v) is 5.12. The Labute approximate surface area is 199 Å². The molecule has 0 radical (unpaired) electrons. The monoisotopic (exact) mass is 503 g/mol. The first-order valence-corrected chi connectivity index (χ1v) is 13.1. The molecule has 2 N–H and O–H groups in total. The van der Waals surface area contributed by atoms with Crippen LogP contribution in [0.15, 0.2) is 64.4 Å². The van der Waals surface area contributed by atoms with Gasteiger partial charge in [0.25, 0.3) is 10.0 Å². The summed E-state index contributed by atoms with van der Waals surface area (Å²) in [6, 6.07) is 13.5. The summed E-state index contributed by atoms with van der Waals surface area (Å²) in [5, 5.41) is 2.56. The number of nitrogens with one attached hydrogen (secondary N) is 2. The maximum atomic E-state index is 12.6. The van der Waals surface area contributed by atoms with E-state index in [0.717, 1.165) is 9.87 Å². The number of likely N-dealkylation sites (N-methyl/N-ethyl adjacent to an activating group) is 1. The number of nitrogens with zero attached hydrogens (tertiary/aromatic N) is 3. The van der Waals surface area contributed by atoms with Crippen molar-refractivity contribution >= 4 is 37.6 Å². The van der Waals surface area contributed by atoms with E-state index in [1.165, 1.54) is 43.4 Å². The van der Waals surface area contributed by atoms with Gasteiger partial charge in [0.2, 0.25) is 21.9 Å². The molecule has 1 amide bonds. The summed E-state index contributed by atoms with van der Waals surface area (Å²) in [6.45, 7) is 4.89. The van der Waals surface area contributed by atoms with E-state index in [0.29, 0.717) is 17.1 Å². The minimum absolute atomic E-state index is 0.0345. The number of carbonyl (C=O) groups is 1. The van der Waals surface area contributed by atoms with Crippen molar-refractivity contribution in [1.82, 2.24) is 14.3 Å². The SMILES string of the molecule is Cc1ccc(S(=O)(=O)N(C)CC(=O)Nc2ccc(S(=O)(=O)Nc3nc(C)cc(C)n3)cc2)cc1. The molecular formula is C22H25N5O5S2. The lowest BCUT2D eigenvalue weighted by atomic mass is 10.2. The molecule has 0 aliphatic heterocycles. The molecule has 3 aromatic rings. The molecule has 10 nitrogen and oxygen atoms in total. The van der Waals surface area contributed by atoms with Gasteiger partial charge in [-0.15, -0.1) is 0 Å². The predicted octanol–water partition coefficient (Wildman–Crippen LogP) is 2.46. The van der Waals surface area contributed by atoms with E-state index in [1.54, 1.807) is 32.0 Å². The van der Waals surface area contributed by atoms with E-state index in [1.807, 2.05) is 6.92 Å². The molecule has 3 rings (SSSR count). The molecule has 1 aromatic heterocycles. The fourth-order valence-electron chi connectivity index (χ4n) is 3.05. The van der Waals surface area contributed by atoms with Crippen molar-refractivity contribution in [2.45, 2.75) is 30.6 Å². The topological polar surface area (TPSA) is 138 Å². The van der Waals surface area contributed by atoms with Crippen LogP contribution in [0.5, 0.6) is 0 Å². The van der Waals surface area contributed by atoms with Crippen LogP contribution in [0.2, 0.25) is 0 Å². The van der Waals surface area contributed by atoms with Crippen LogP contribution in [0.1, 0.15) is 17.0 Å².